The molecule has 694 valence electrons. The van der Waals surface area contributed by atoms with Crippen molar-refractivity contribution in [2.24, 2.45) is 5.92 Å². The number of hydrogen-bond donors (Lipinski definition) is 0. The highest BCUT2D eigenvalue weighted by Gasteiger charge is 2.36. The fourth-order valence-corrected chi connectivity index (χ4v) is 19.3. The van der Waals surface area contributed by atoms with Gasteiger partial charge in [0.15, 0.2) is 0 Å². The van der Waals surface area contributed by atoms with Crippen molar-refractivity contribution in [3.8, 4) is 44.5 Å². The summed E-state index contributed by atoms with van der Waals surface area (Å²) in [6.45, 7) is 19.9. The summed E-state index contributed by atoms with van der Waals surface area (Å²) in [5.74, 6) is 0.797. The summed E-state index contributed by atoms with van der Waals surface area (Å²) < 4.78 is 30.0. The molecule has 25 rings (SSSR count). The maximum absolute atomic E-state index is 12.4. The highest BCUT2D eigenvalue weighted by molar-refractivity contribution is 5.84. The van der Waals surface area contributed by atoms with Gasteiger partial charge in [-0.15, -0.1) is 0 Å². The number of pyridine rings is 8. The first-order valence-electron chi connectivity index (χ1n) is 47.3. The van der Waals surface area contributed by atoms with Crippen LogP contribution in [0.1, 0.15) is 146 Å². The van der Waals surface area contributed by atoms with E-state index in [9.17, 15) is 14.4 Å². The lowest BCUT2D eigenvalue weighted by molar-refractivity contribution is -0.134. The van der Waals surface area contributed by atoms with Crippen molar-refractivity contribution in [1.29, 1.82) is 0 Å². The van der Waals surface area contributed by atoms with Gasteiger partial charge in [0.2, 0.25) is 11.8 Å². The zero-order valence-corrected chi connectivity index (χ0v) is 77.2. The molecule has 24 heterocycles. The second kappa shape index (κ2) is 37.3. The summed E-state index contributed by atoms with van der Waals surface area (Å²) in [7, 11) is 0. The van der Waals surface area contributed by atoms with Gasteiger partial charge in [-0.05, 0) is 164 Å². The first-order chi connectivity index (χ1) is 67.0. The molecule has 36 nitrogen and oxygen atoms in total. The lowest BCUT2D eigenvalue weighted by atomic mass is 10.0. The van der Waals surface area contributed by atoms with E-state index in [-0.39, 0.29) is 18.0 Å². The number of aromatic nitrogens is 28. The van der Waals surface area contributed by atoms with Gasteiger partial charge in [-0.1, -0.05) is 31.2 Å². The van der Waals surface area contributed by atoms with Gasteiger partial charge in [-0.3, -0.25) is 67.0 Å². The number of fused-ring (bicyclic) bond motifs is 8. The summed E-state index contributed by atoms with van der Waals surface area (Å²) in [5.41, 5.74) is 23.1. The summed E-state index contributed by atoms with van der Waals surface area (Å²) in [4.78, 5) is 81.1. The molecule has 36 heteroatoms. The number of ether oxygens (including phenoxy) is 1. The number of hydrogen-bond acceptors (Lipinski definition) is 21. The van der Waals surface area contributed by atoms with Gasteiger partial charge < -0.3 is 41.9 Å². The van der Waals surface area contributed by atoms with E-state index >= 15 is 0 Å². The van der Waals surface area contributed by atoms with Crippen molar-refractivity contribution >= 4 is 84.6 Å². The quantitative estimate of drug-likeness (QED) is 0.0770. The number of carbonyl (C=O) groups is 3. The molecule has 5 aliphatic rings. The SMILES string of the molecule is CC(=O)N1CCC(n2cc(-c3cnc4cnn(Cc5cnc6ccccn56)c4c3)cn2)CC1.CC(C)(C)OC(=O)N1CCC(n2cc(-c3cnc4cnn(Cc5cnc6ccccn56)c4c3)cn2)CC1.CCN1CCC(n2cc(-c3cnc4cnn(Cc5cnc6ccccn56)c4c3)cn2)CC1.O=C(C1CC1)N1CCC(n2cc(-c3cnc4cnn(Cc5cnc6ccccn56)c4c3)cn2)CC1. The average Bonchev–Trinajstić information content (AvgIpc) is 1.65. The number of nitrogens with zero attached hydrogens (tertiary/aromatic N) is 32. The third kappa shape index (κ3) is 18.4. The van der Waals surface area contributed by atoms with E-state index in [1.54, 1.807) is 24.2 Å². The van der Waals surface area contributed by atoms with Crippen LogP contribution in [0.25, 0.3) is 111 Å². The standard InChI is InChI=1S/C27H30N8O2.C26H26N8O.C24H24N8O.C24H26N8/c1-27(2,3)37-26(36)32-10-7-21(8-11-32)34-17-20(14-30-34)19-12-24-23(28-13-19)16-31-35(24)18-22-15-29-25-6-4-5-9-33(22)25;35-26(18-4-5-18)31-9-6-21(7-10-31)33-16-20(13-29-33)19-11-24-23(27-12-19)15-30-34(24)17-22-14-28-25-3-1-2-8-32(22)25;1-17(33)29-8-5-20(6-9-29)31-15-19(12-27-31)18-10-23-22(25-11-18)14-28-32(23)16-21-13-26-24-4-2-3-7-30(21)24;1-2-29-9-6-20(7-10-29)31-16-19(13-27-31)18-11-23-22(25-12-18)15-28-32(23)17-21-14-26-24-5-3-4-8-30(21)24/h4-6,9,12-17,21H,7-8,10-11,18H2,1-3H3;1-3,8,11-16,18,21H,4-7,9-10,17H2;2-4,7,10-15,20H,5-6,8-9,16H2,1H3;3-5,8,11-16,20H,2,6-7,9-10,17H2,1H3. The largest absolute Gasteiger partial charge is 0.444 e. The third-order valence-electron chi connectivity index (χ3n) is 27.2. The Morgan fingerprint density at radius 3 is 0.905 bits per heavy atom. The fourth-order valence-electron chi connectivity index (χ4n) is 19.3. The van der Waals surface area contributed by atoms with Crippen molar-refractivity contribution in [3.63, 3.8) is 0 Å². The summed E-state index contributed by atoms with van der Waals surface area (Å²) in [5, 5.41) is 37.0. The molecule has 0 bridgehead atoms. The number of amides is 3. The zero-order valence-electron chi connectivity index (χ0n) is 77.2. The van der Waals surface area contributed by atoms with Crippen LogP contribution < -0.4 is 0 Å². The van der Waals surface area contributed by atoms with Gasteiger partial charge in [0.05, 0.1) is 170 Å². The molecule has 0 N–H and O–H groups in total. The van der Waals surface area contributed by atoms with Crippen molar-refractivity contribution in [3.05, 3.63) is 269 Å². The summed E-state index contributed by atoms with van der Waals surface area (Å²) >= 11 is 0. The normalized spacial score (nSPS) is 15.7. The van der Waals surface area contributed by atoms with E-state index in [1.165, 1.54) is 0 Å². The minimum atomic E-state index is -0.484. The topological polar surface area (TPSA) is 337 Å². The van der Waals surface area contributed by atoms with Crippen molar-refractivity contribution in [1.82, 2.24) is 155 Å². The molecule has 5 fully saturated rings. The van der Waals surface area contributed by atoms with Gasteiger partial charge in [0.25, 0.3) is 0 Å². The van der Waals surface area contributed by atoms with Crippen LogP contribution in [0.4, 0.5) is 4.79 Å². The van der Waals surface area contributed by atoms with E-state index in [1.807, 2.05) is 243 Å². The van der Waals surface area contributed by atoms with Crippen LogP contribution in [0.2, 0.25) is 0 Å². The fraction of sp³-hybridized carbons (Fsp3) is 0.337. The van der Waals surface area contributed by atoms with E-state index in [0.717, 1.165) is 244 Å². The highest BCUT2D eigenvalue weighted by Crippen LogP contribution is 2.37. The van der Waals surface area contributed by atoms with E-state index in [0.29, 0.717) is 69.2 Å². The second-order valence-corrected chi connectivity index (χ2v) is 37.2. The second-order valence-electron chi connectivity index (χ2n) is 37.2. The third-order valence-corrected chi connectivity index (χ3v) is 27.2. The van der Waals surface area contributed by atoms with E-state index in [4.69, 9.17) is 4.74 Å². The Bertz CT molecular complexity index is 7730. The predicted molar refractivity (Wildman–Crippen MR) is 517 cm³/mol. The molecule has 4 saturated heterocycles. The summed E-state index contributed by atoms with van der Waals surface area (Å²) in [6, 6.07) is 33.9. The highest BCUT2D eigenvalue weighted by atomic mass is 16.6. The molecule has 137 heavy (non-hydrogen) atoms. The Hall–Kier alpha value is -15.8. The molecule has 0 radical (unpaired) electrons. The van der Waals surface area contributed by atoms with Gasteiger partial charge in [0, 0.05) is 184 Å². The number of rotatable bonds is 18. The Morgan fingerprint density at radius 2 is 0.620 bits per heavy atom. The van der Waals surface area contributed by atoms with Crippen molar-refractivity contribution in [2.45, 2.75) is 155 Å². The van der Waals surface area contributed by atoms with Gasteiger partial charge in [-0.25, -0.2) is 24.7 Å². The Kier molecular flexibility index (Phi) is 23.6. The number of carbonyl (C=O) groups excluding carboxylic acids is 3. The van der Waals surface area contributed by atoms with Crippen LogP contribution in [0, 0.1) is 5.92 Å². The van der Waals surface area contributed by atoms with E-state index < -0.39 is 5.60 Å². The monoisotopic (exact) mass is 1830 g/mol. The van der Waals surface area contributed by atoms with Crippen LogP contribution in [-0.2, 0) is 40.5 Å². The van der Waals surface area contributed by atoms with Crippen LogP contribution in [0.3, 0.4) is 0 Å². The van der Waals surface area contributed by atoms with Crippen molar-refractivity contribution < 1.29 is 19.1 Å². The Morgan fingerprint density at radius 1 is 0.328 bits per heavy atom. The smallest absolute Gasteiger partial charge is 0.410 e. The molecule has 3 amide bonds. The Labute approximate surface area is 787 Å². The molecule has 1 saturated carbocycles. The van der Waals surface area contributed by atoms with Gasteiger partial charge >= 0.3 is 6.09 Å². The molecule has 0 aromatic carbocycles. The molecular weight excluding hydrogens is 1730 g/mol. The zero-order chi connectivity index (χ0) is 92.8. The van der Waals surface area contributed by atoms with Crippen LogP contribution >= 0.6 is 0 Å². The lowest BCUT2D eigenvalue weighted by Gasteiger charge is -2.33. The number of imidazole rings is 4. The summed E-state index contributed by atoms with van der Waals surface area (Å²) in [6.07, 6.45) is 56.1. The molecule has 0 atom stereocenters. The molecule has 0 unspecified atom stereocenters. The van der Waals surface area contributed by atoms with Crippen LogP contribution in [0.15, 0.2) is 246 Å². The molecule has 0 spiro atoms. The minimum Gasteiger partial charge on any atom is -0.444 e. The average molecular weight is 1830 g/mol. The first-order valence-corrected chi connectivity index (χ1v) is 47.3. The van der Waals surface area contributed by atoms with Crippen LogP contribution in [-0.4, -0.2) is 238 Å². The molecule has 20 aromatic heterocycles. The van der Waals surface area contributed by atoms with Crippen LogP contribution in [0.5, 0.6) is 0 Å². The van der Waals surface area contributed by atoms with Gasteiger partial charge in [0.1, 0.15) is 50.3 Å². The molecule has 4 aliphatic heterocycles. The maximum atomic E-state index is 12.4. The number of likely N-dealkylation sites (tertiary alicyclic amines) is 4. The number of piperidine rings is 4. The predicted octanol–water partition coefficient (Wildman–Crippen LogP) is 14.9. The Balaban J connectivity index is 0.000000106. The maximum Gasteiger partial charge on any atom is 0.410 e. The van der Waals surface area contributed by atoms with E-state index in [2.05, 4.69) is 169 Å². The first kappa shape index (κ1) is 86.6. The molecule has 20 aromatic rings. The molecule has 1 aliphatic carbocycles. The minimum absolute atomic E-state index is 0.148. The molecular formula is C101H106N32O4. The van der Waals surface area contributed by atoms with Crippen molar-refractivity contribution in [2.75, 3.05) is 58.9 Å². The lowest BCUT2D eigenvalue weighted by Crippen LogP contribution is -2.42. The van der Waals surface area contributed by atoms with Gasteiger partial charge in [-0.2, -0.15) is 40.8 Å².